The maximum absolute atomic E-state index is 11.8. The normalized spacial score (nSPS) is 13.9. The molecule has 0 bridgehead atoms. The fraction of sp³-hybridized carbons (Fsp3) is 0.562. The van der Waals surface area contributed by atoms with E-state index in [1.807, 2.05) is 31.2 Å². The quantitative estimate of drug-likeness (QED) is 0.747. The fourth-order valence-electron chi connectivity index (χ4n) is 1.84. The minimum atomic E-state index is -0.868. The van der Waals surface area contributed by atoms with Crippen molar-refractivity contribution in [1.82, 2.24) is 5.32 Å². The molecule has 0 spiro atoms. The number of hydrogen-bond acceptors (Lipinski definition) is 2. The molecule has 1 aromatic rings. The van der Waals surface area contributed by atoms with Crippen molar-refractivity contribution >= 4 is 11.7 Å². The number of para-hydroxylation sites is 1. The second-order valence-corrected chi connectivity index (χ2v) is 6.05. The first-order valence-corrected chi connectivity index (χ1v) is 7.13. The number of urea groups is 1. The van der Waals surface area contributed by atoms with Gasteiger partial charge in [0.2, 0.25) is 0 Å². The van der Waals surface area contributed by atoms with Crippen LogP contribution in [-0.4, -0.2) is 23.3 Å². The highest BCUT2D eigenvalue weighted by atomic mass is 16.3. The first-order valence-electron chi connectivity index (χ1n) is 7.13. The van der Waals surface area contributed by atoms with Crippen molar-refractivity contribution in [1.29, 1.82) is 0 Å². The third-order valence-corrected chi connectivity index (χ3v) is 3.28. The molecule has 1 atom stereocenters. The van der Waals surface area contributed by atoms with Gasteiger partial charge in [-0.15, -0.1) is 0 Å². The van der Waals surface area contributed by atoms with Crippen molar-refractivity contribution in [2.24, 2.45) is 5.92 Å². The van der Waals surface area contributed by atoms with Crippen LogP contribution in [0, 0.1) is 12.8 Å². The summed E-state index contributed by atoms with van der Waals surface area (Å²) in [6, 6.07) is 7.31. The van der Waals surface area contributed by atoms with Gasteiger partial charge in [0.15, 0.2) is 0 Å². The number of hydrogen-bond donors (Lipinski definition) is 3. The molecule has 0 aliphatic rings. The number of carbonyl (C=O) groups excluding carboxylic acids is 1. The van der Waals surface area contributed by atoms with E-state index in [9.17, 15) is 9.90 Å². The zero-order valence-electron chi connectivity index (χ0n) is 12.9. The van der Waals surface area contributed by atoms with Crippen molar-refractivity contribution in [2.45, 2.75) is 46.1 Å². The van der Waals surface area contributed by atoms with Gasteiger partial charge in [0.25, 0.3) is 0 Å². The lowest BCUT2D eigenvalue weighted by molar-refractivity contribution is 0.0481. The van der Waals surface area contributed by atoms with Gasteiger partial charge in [-0.3, -0.25) is 0 Å². The molecule has 3 N–H and O–H groups in total. The van der Waals surface area contributed by atoms with Crippen LogP contribution >= 0.6 is 0 Å². The summed E-state index contributed by atoms with van der Waals surface area (Å²) in [5.41, 5.74) is 0.925. The summed E-state index contributed by atoms with van der Waals surface area (Å²) in [6.07, 6.45) is 1.61. The molecule has 2 amide bonds. The highest BCUT2D eigenvalue weighted by Crippen LogP contribution is 2.16. The van der Waals surface area contributed by atoms with E-state index in [1.54, 1.807) is 6.92 Å². The number of carbonyl (C=O) groups is 1. The predicted octanol–water partition coefficient (Wildman–Crippen LogP) is 3.30. The van der Waals surface area contributed by atoms with Crippen LogP contribution in [0.1, 0.15) is 39.2 Å². The Morgan fingerprint density at radius 2 is 2.00 bits per heavy atom. The monoisotopic (exact) mass is 278 g/mol. The molecule has 4 nitrogen and oxygen atoms in total. The molecule has 4 heteroatoms. The smallest absolute Gasteiger partial charge is 0.319 e. The molecule has 1 unspecified atom stereocenters. The Labute approximate surface area is 121 Å². The van der Waals surface area contributed by atoms with Crippen LogP contribution in [0.5, 0.6) is 0 Å². The SMILES string of the molecule is Cc1ccccc1NC(=O)NCC(C)(O)CCC(C)C. The highest BCUT2D eigenvalue weighted by Gasteiger charge is 2.21. The van der Waals surface area contributed by atoms with Gasteiger partial charge in [0.05, 0.1) is 5.60 Å². The zero-order valence-corrected chi connectivity index (χ0v) is 12.9. The van der Waals surface area contributed by atoms with E-state index < -0.39 is 5.60 Å². The van der Waals surface area contributed by atoms with Crippen LogP contribution in [0.3, 0.4) is 0 Å². The maximum Gasteiger partial charge on any atom is 0.319 e. The van der Waals surface area contributed by atoms with Crippen LogP contribution in [0.4, 0.5) is 10.5 Å². The summed E-state index contributed by atoms with van der Waals surface area (Å²) in [5.74, 6) is 0.544. The highest BCUT2D eigenvalue weighted by molar-refractivity contribution is 5.90. The average Bonchev–Trinajstić information content (AvgIpc) is 2.37. The molecular formula is C16H26N2O2. The van der Waals surface area contributed by atoms with Gasteiger partial charge in [0, 0.05) is 12.2 Å². The van der Waals surface area contributed by atoms with Crippen LogP contribution in [0.25, 0.3) is 0 Å². The maximum atomic E-state index is 11.8. The Hall–Kier alpha value is -1.55. The fourth-order valence-corrected chi connectivity index (χ4v) is 1.84. The van der Waals surface area contributed by atoms with Crippen LogP contribution < -0.4 is 10.6 Å². The van der Waals surface area contributed by atoms with Crippen LogP contribution in [-0.2, 0) is 0 Å². The van der Waals surface area contributed by atoms with Crippen LogP contribution in [0.15, 0.2) is 24.3 Å². The number of amides is 2. The van der Waals surface area contributed by atoms with Crippen molar-refractivity contribution < 1.29 is 9.90 Å². The van der Waals surface area contributed by atoms with Gasteiger partial charge >= 0.3 is 6.03 Å². The minimum absolute atomic E-state index is 0.247. The van der Waals surface area contributed by atoms with Crippen molar-refractivity contribution in [3.8, 4) is 0 Å². The summed E-state index contributed by atoms with van der Waals surface area (Å²) < 4.78 is 0. The number of benzene rings is 1. The van der Waals surface area contributed by atoms with Gasteiger partial charge in [0.1, 0.15) is 0 Å². The van der Waals surface area contributed by atoms with Gasteiger partial charge in [-0.2, -0.15) is 0 Å². The summed E-state index contributed by atoms with van der Waals surface area (Å²) in [6.45, 7) is 8.18. The summed E-state index contributed by atoms with van der Waals surface area (Å²) in [4.78, 5) is 11.8. The van der Waals surface area contributed by atoms with E-state index >= 15 is 0 Å². The lowest BCUT2D eigenvalue weighted by Gasteiger charge is -2.24. The average molecular weight is 278 g/mol. The number of rotatable bonds is 6. The molecule has 0 radical (unpaired) electrons. The Balaban J connectivity index is 2.41. The third-order valence-electron chi connectivity index (χ3n) is 3.28. The van der Waals surface area contributed by atoms with E-state index in [-0.39, 0.29) is 12.6 Å². The van der Waals surface area contributed by atoms with Gasteiger partial charge in [-0.25, -0.2) is 4.79 Å². The van der Waals surface area contributed by atoms with E-state index in [0.717, 1.165) is 17.7 Å². The van der Waals surface area contributed by atoms with E-state index in [4.69, 9.17) is 0 Å². The van der Waals surface area contributed by atoms with Crippen molar-refractivity contribution in [3.05, 3.63) is 29.8 Å². The molecule has 0 saturated heterocycles. The van der Waals surface area contributed by atoms with E-state index in [1.165, 1.54) is 0 Å². The number of aliphatic hydroxyl groups is 1. The van der Waals surface area contributed by atoms with Gasteiger partial charge < -0.3 is 15.7 Å². The summed E-state index contributed by atoms with van der Waals surface area (Å²) in [7, 11) is 0. The molecular weight excluding hydrogens is 252 g/mol. The Morgan fingerprint density at radius 1 is 1.35 bits per heavy atom. The third kappa shape index (κ3) is 6.06. The Morgan fingerprint density at radius 3 is 2.60 bits per heavy atom. The second-order valence-electron chi connectivity index (χ2n) is 6.05. The second kappa shape index (κ2) is 7.29. The summed E-state index contributed by atoms with van der Waals surface area (Å²) in [5, 5.41) is 15.7. The topological polar surface area (TPSA) is 61.4 Å². The van der Waals surface area contributed by atoms with Gasteiger partial charge in [-0.1, -0.05) is 32.0 Å². The molecule has 0 aliphatic heterocycles. The van der Waals surface area contributed by atoms with Crippen molar-refractivity contribution in [3.63, 3.8) is 0 Å². The molecule has 112 valence electrons. The van der Waals surface area contributed by atoms with Crippen LogP contribution in [0.2, 0.25) is 0 Å². The Kier molecular flexibility index (Phi) is 6.02. The molecule has 0 aromatic heterocycles. The Bertz CT molecular complexity index is 442. The number of anilines is 1. The molecule has 1 aromatic carbocycles. The largest absolute Gasteiger partial charge is 0.388 e. The molecule has 20 heavy (non-hydrogen) atoms. The minimum Gasteiger partial charge on any atom is -0.388 e. The molecule has 0 saturated carbocycles. The molecule has 0 heterocycles. The standard InChI is InChI=1S/C16H26N2O2/c1-12(2)9-10-16(4,20)11-17-15(19)18-14-8-6-5-7-13(14)3/h5-8,12,20H,9-11H2,1-4H3,(H2,17,18,19). The lowest BCUT2D eigenvalue weighted by Crippen LogP contribution is -2.42. The van der Waals surface area contributed by atoms with Gasteiger partial charge in [-0.05, 0) is 44.2 Å². The molecule has 0 fully saturated rings. The van der Waals surface area contributed by atoms with Crippen molar-refractivity contribution in [2.75, 3.05) is 11.9 Å². The predicted molar refractivity (Wildman–Crippen MR) is 82.9 cm³/mol. The lowest BCUT2D eigenvalue weighted by atomic mass is 9.95. The first-order chi connectivity index (χ1) is 9.30. The first kappa shape index (κ1) is 16.5. The number of nitrogens with one attached hydrogen (secondary N) is 2. The van der Waals surface area contributed by atoms with E-state index in [2.05, 4.69) is 24.5 Å². The molecule has 1 rings (SSSR count). The molecule has 0 aliphatic carbocycles. The van der Waals surface area contributed by atoms with E-state index in [0.29, 0.717) is 12.3 Å². The summed E-state index contributed by atoms with van der Waals surface area (Å²) >= 11 is 0. The number of aryl methyl sites for hydroxylation is 1. The zero-order chi connectivity index (χ0) is 15.2.